The minimum atomic E-state index is -0.278. The van der Waals surface area contributed by atoms with Gasteiger partial charge in [0, 0.05) is 33.9 Å². The predicted octanol–water partition coefficient (Wildman–Crippen LogP) is 0.498. The van der Waals surface area contributed by atoms with Gasteiger partial charge in [0.2, 0.25) is 5.91 Å². The SMILES string of the molecule is COCCN(CCOC)C(=O)C1(C)CCCNC1. The van der Waals surface area contributed by atoms with Crippen LogP contribution in [0.1, 0.15) is 19.8 Å². The maximum atomic E-state index is 12.6. The minimum Gasteiger partial charge on any atom is -0.383 e. The van der Waals surface area contributed by atoms with Crippen molar-refractivity contribution in [2.75, 3.05) is 53.6 Å². The number of hydrogen-bond donors (Lipinski definition) is 1. The smallest absolute Gasteiger partial charge is 0.229 e. The van der Waals surface area contributed by atoms with E-state index in [0.29, 0.717) is 26.3 Å². The first kappa shape index (κ1) is 15.4. The predicted molar refractivity (Wildman–Crippen MR) is 70.5 cm³/mol. The number of ether oxygens (including phenoxy) is 2. The summed E-state index contributed by atoms with van der Waals surface area (Å²) in [4.78, 5) is 14.5. The number of hydrogen-bond acceptors (Lipinski definition) is 4. The molecule has 0 aromatic rings. The van der Waals surface area contributed by atoms with E-state index in [1.54, 1.807) is 14.2 Å². The van der Waals surface area contributed by atoms with Gasteiger partial charge in [0.25, 0.3) is 0 Å². The molecule has 0 aliphatic carbocycles. The molecule has 1 aliphatic rings. The van der Waals surface area contributed by atoms with Gasteiger partial charge < -0.3 is 19.7 Å². The Kier molecular flexibility index (Phi) is 6.60. The molecular weight excluding hydrogens is 232 g/mol. The zero-order valence-electron chi connectivity index (χ0n) is 11.8. The Morgan fingerprint density at radius 2 is 1.89 bits per heavy atom. The van der Waals surface area contributed by atoms with Crippen LogP contribution >= 0.6 is 0 Å². The average Bonchev–Trinajstić information content (AvgIpc) is 2.39. The van der Waals surface area contributed by atoms with Crippen LogP contribution in [0.3, 0.4) is 0 Å². The van der Waals surface area contributed by atoms with Gasteiger partial charge in [-0.25, -0.2) is 0 Å². The normalized spacial score (nSPS) is 23.9. The van der Waals surface area contributed by atoms with E-state index in [1.807, 2.05) is 11.8 Å². The van der Waals surface area contributed by atoms with Crippen LogP contribution in [0.15, 0.2) is 0 Å². The third kappa shape index (κ3) is 4.23. The molecule has 0 aromatic carbocycles. The van der Waals surface area contributed by atoms with Crippen molar-refractivity contribution in [3.63, 3.8) is 0 Å². The van der Waals surface area contributed by atoms with Crippen LogP contribution in [0.2, 0.25) is 0 Å². The minimum absolute atomic E-state index is 0.212. The van der Waals surface area contributed by atoms with Crippen LogP contribution in [-0.2, 0) is 14.3 Å². The molecule has 0 saturated carbocycles. The lowest BCUT2D eigenvalue weighted by molar-refractivity contribution is -0.143. The van der Waals surface area contributed by atoms with E-state index in [9.17, 15) is 4.79 Å². The number of carbonyl (C=O) groups is 1. The van der Waals surface area contributed by atoms with E-state index < -0.39 is 0 Å². The quantitative estimate of drug-likeness (QED) is 0.722. The average molecular weight is 258 g/mol. The van der Waals surface area contributed by atoms with Gasteiger partial charge in [-0.3, -0.25) is 4.79 Å². The van der Waals surface area contributed by atoms with E-state index in [4.69, 9.17) is 9.47 Å². The number of methoxy groups -OCH3 is 2. The van der Waals surface area contributed by atoms with E-state index >= 15 is 0 Å². The summed E-state index contributed by atoms with van der Waals surface area (Å²) >= 11 is 0. The van der Waals surface area contributed by atoms with Gasteiger partial charge in [-0.2, -0.15) is 0 Å². The molecular formula is C13H26N2O3. The second kappa shape index (κ2) is 7.71. The second-order valence-electron chi connectivity index (χ2n) is 5.12. The Bertz CT molecular complexity index is 245. The Labute approximate surface area is 110 Å². The zero-order valence-corrected chi connectivity index (χ0v) is 11.8. The van der Waals surface area contributed by atoms with Crippen molar-refractivity contribution in [3.8, 4) is 0 Å². The molecule has 1 saturated heterocycles. The van der Waals surface area contributed by atoms with E-state index in [-0.39, 0.29) is 11.3 Å². The highest BCUT2D eigenvalue weighted by Gasteiger charge is 2.37. The van der Waals surface area contributed by atoms with Crippen LogP contribution in [0.25, 0.3) is 0 Å². The zero-order chi connectivity index (χ0) is 13.4. The van der Waals surface area contributed by atoms with Crippen molar-refractivity contribution < 1.29 is 14.3 Å². The van der Waals surface area contributed by atoms with Crippen molar-refractivity contribution in [1.82, 2.24) is 10.2 Å². The Hall–Kier alpha value is -0.650. The first-order valence-electron chi connectivity index (χ1n) is 6.62. The molecule has 0 aromatic heterocycles. The number of rotatable bonds is 7. The Balaban J connectivity index is 2.60. The summed E-state index contributed by atoms with van der Waals surface area (Å²) in [5, 5.41) is 3.31. The van der Waals surface area contributed by atoms with Crippen molar-refractivity contribution in [3.05, 3.63) is 0 Å². The lowest BCUT2D eigenvalue weighted by atomic mass is 9.81. The molecule has 0 bridgehead atoms. The molecule has 1 N–H and O–H groups in total. The van der Waals surface area contributed by atoms with Crippen LogP contribution in [0, 0.1) is 5.41 Å². The largest absolute Gasteiger partial charge is 0.383 e. The third-order valence-corrected chi connectivity index (χ3v) is 3.53. The molecule has 5 nitrogen and oxygen atoms in total. The summed E-state index contributed by atoms with van der Waals surface area (Å²) in [7, 11) is 3.31. The van der Waals surface area contributed by atoms with Gasteiger partial charge in [-0.1, -0.05) is 0 Å². The molecule has 1 aliphatic heterocycles. The van der Waals surface area contributed by atoms with E-state index in [0.717, 1.165) is 25.9 Å². The van der Waals surface area contributed by atoms with Gasteiger partial charge in [0.15, 0.2) is 0 Å². The molecule has 18 heavy (non-hydrogen) atoms. The number of piperidine rings is 1. The van der Waals surface area contributed by atoms with Gasteiger partial charge in [0.05, 0.1) is 18.6 Å². The van der Waals surface area contributed by atoms with Crippen molar-refractivity contribution in [2.24, 2.45) is 5.41 Å². The van der Waals surface area contributed by atoms with Gasteiger partial charge in [-0.15, -0.1) is 0 Å². The second-order valence-corrected chi connectivity index (χ2v) is 5.12. The topological polar surface area (TPSA) is 50.8 Å². The summed E-state index contributed by atoms with van der Waals surface area (Å²) in [6.07, 6.45) is 2.01. The van der Waals surface area contributed by atoms with Gasteiger partial charge in [-0.05, 0) is 26.3 Å². The lowest BCUT2D eigenvalue weighted by Crippen LogP contribution is -2.51. The number of amides is 1. The molecule has 1 amide bonds. The van der Waals surface area contributed by atoms with Crippen molar-refractivity contribution in [2.45, 2.75) is 19.8 Å². The summed E-state index contributed by atoms with van der Waals surface area (Å²) in [5.41, 5.74) is -0.278. The molecule has 0 radical (unpaired) electrons. The van der Waals surface area contributed by atoms with E-state index in [2.05, 4.69) is 5.32 Å². The van der Waals surface area contributed by atoms with Gasteiger partial charge >= 0.3 is 0 Å². The van der Waals surface area contributed by atoms with Gasteiger partial charge in [0.1, 0.15) is 0 Å². The van der Waals surface area contributed by atoms with Crippen LogP contribution in [0.5, 0.6) is 0 Å². The monoisotopic (exact) mass is 258 g/mol. The van der Waals surface area contributed by atoms with Crippen LogP contribution < -0.4 is 5.32 Å². The Morgan fingerprint density at radius 3 is 2.33 bits per heavy atom. The number of nitrogens with one attached hydrogen (secondary N) is 1. The third-order valence-electron chi connectivity index (χ3n) is 3.53. The molecule has 1 heterocycles. The molecule has 1 fully saturated rings. The molecule has 0 spiro atoms. The maximum absolute atomic E-state index is 12.6. The number of nitrogens with zero attached hydrogens (tertiary/aromatic N) is 1. The summed E-state index contributed by atoms with van der Waals surface area (Å²) in [6.45, 7) is 6.23. The summed E-state index contributed by atoms with van der Waals surface area (Å²) in [5.74, 6) is 0.212. The molecule has 1 unspecified atom stereocenters. The standard InChI is InChI=1S/C13H26N2O3/c1-13(5-4-6-14-11-13)12(16)15(7-9-17-2)8-10-18-3/h14H,4-11H2,1-3H3. The Morgan fingerprint density at radius 1 is 1.28 bits per heavy atom. The molecule has 5 heteroatoms. The molecule has 1 rings (SSSR count). The summed E-state index contributed by atoms with van der Waals surface area (Å²) in [6, 6.07) is 0. The molecule has 1 atom stereocenters. The highest BCUT2D eigenvalue weighted by molar-refractivity contribution is 5.82. The van der Waals surface area contributed by atoms with Crippen molar-refractivity contribution >= 4 is 5.91 Å². The van der Waals surface area contributed by atoms with E-state index in [1.165, 1.54) is 0 Å². The number of carbonyl (C=O) groups excluding carboxylic acids is 1. The maximum Gasteiger partial charge on any atom is 0.229 e. The van der Waals surface area contributed by atoms with Crippen LogP contribution in [0.4, 0.5) is 0 Å². The fourth-order valence-electron chi connectivity index (χ4n) is 2.34. The fourth-order valence-corrected chi connectivity index (χ4v) is 2.34. The van der Waals surface area contributed by atoms with Crippen molar-refractivity contribution in [1.29, 1.82) is 0 Å². The lowest BCUT2D eigenvalue weighted by Gasteiger charge is -2.37. The first-order valence-corrected chi connectivity index (χ1v) is 6.62. The summed E-state index contributed by atoms with van der Waals surface area (Å²) < 4.78 is 10.1. The molecule has 106 valence electrons. The fraction of sp³-hybridized carbons (Fsp3) is 0.923. The highest BCUT2D eigenvalue weighted by atomic mass is 16.5. The first-order chi connectivity index (χ1) is 8.64. The van der Waals surface area contributed by atoms with Crippen LogP contribution in [-0.4, -0.2) is 64.4 Å². The highest BCUT2D eigenvalue weighted by Crippen LogP contribution is 2.27.